The van der Waals surface area contributed by atoms with Gasteiger partial charge in [-0.1, -0.05) is 15.8 Å². The Bertz CT molecular complexity index is 1120. The third-order valence-electron chi connectivity index (χ3n) is 4.78. The fraction of sp³-hybridized carbons (Fsp3) is 0.364. The van der Waals surface area contributed by atoms with Crippen molar-refractivity contribution in [1.29, 1.82) is 5.26 Å². The van der Waals surface area contributed by atoms with Crippen molar-refractivity contribution in [2.75, 3.05) is 23.3 Å². The van der Waals surface area contributed by atoms with Gasteiger partial charge in [0.1, 0.15) is 11.6 Å². The molecule has 0 radical (unpaired) electrons. The molecule has 2 unspecified atom stereocenters. The number of nitrogens with one attached hydrogen (secondary N) is 1. The van der Waals surface area contributed by atoms with Crippen LogP contribution < -0.4 is 10.2 Å². The number of carbonyl (C=O) groups excluding carboxylic acids is 1. The predicted octanol–water partition coefficient (Wildman–Crippen LogP) is 5.59. The smallest absolute Gasteiger partial charge is 0.356 e. The van der Waals surface area contributed by atoms with E-state index in [1.54, 1.807) is 13.8 Å². The van der Waals surface area contributed by atoms with E-state index in [9.17, 15) is 26.7 Å². The minimum atomic E-state index is -4.76. The maximum Gasteiger partial charge on any atom is 0.416 e. The minimum Gasteiger partial charge on any atom is -0.356 e. The summed E-state index contributed by atoms with van der Waals surface area (Å²) in [6, 6.07) is 4.82. The van der Waals surface area contributed by atoms with Gasteiger partial charge in [-0.05, 0) is 32.0 Å². The van der Waals surface area contributed by atoms with Gasteiger partial charge in [-0.2, -0.15) is 27.2 Å². The molecule has 182 valence electrons. The molecule has 0 aromatic carbocycles. The van der Waals surface area contributed by atoms with Gasteiger partial charge in [0, 0.05) is 42.9 Å². The average molecular weight is 499 g/mol. The molecule has 0 aliphatic heterocycles. The molecule has 1 N–H and O–H groups in total. The fourth-order valence-electron chi connectivity index (χ4n) is 3.14. The van der Waals surface area contributed by atoms with E-state index in [0.717, 1.165) is 25.3 Å². The highest BCUT2D eigenvalue weighted by atomic mass is 31.0. The Morgan fingerprint density at radius 2 is 1.97 bits per heavy atom. The summed E-state index contributed by atoms with van der Waals surface area (Å²) in [5, 5.41) is 11.4. The highest BCUT2D eigenvalue weighted by molar-refractivity contribution is 7.19. The Morgan fingerprint density at radius 3 is 2.47 bits per heavy atom. The van der Waals surface area contributed by atoms with Crippen molar-refractivity contribution >= 4 is 32.4 Å². The maximum atomic E-state index is 14.2. The van der Waals surface area contributed by atoms with Crippen molar-refractivity contribution < 1.29 is 26.7 Å². The highest BCUT2D eigenvalue weighted by Gasteiger charge is 2.35. The highest BCUT2D eigenvalue weighted by Crippen LogP contribution is 2.44. The summed E-state index contributed by atoms with van der Waals surface area (Å²) in [7, 11) is 1.30. The van der Waals surface area contributed by atoms with Crippen LogP contribution in [-0.2, 0) is 11.0 Å². The number of anilines is 2. The molecule has 2 aromatic rings. The monoisotopic (exact) mass is 499 g/mol. The summed E-state index contributed by atoms with van der Waals surface area (Å²) in [5.41, 5.74) is -6.12. The molecule has 0 saturated heterocycles. The summed E-state index contributed by atoms with van der Waals surface area (Å²) in [5.74, 6) is -1.49. The van der Waals surface area contributed by atoms with Crippen LogP contribution in [0.3, 0.4) is 0 Å². The van der Waals surface area contributed by atoms with E-state index in [2.05, 4.69) is 21.9 Å². The van der Waals surface area contributed by atoms with Crippen molar-refractivity contribution in [2.45, 2.75) is 32.6 Å². The molecule has 0 saturated carbocycles. The lowest BCUT2D eigenvalue weighted by molar-refractivity contribution is -0.137. The molecule has 2 atom stereocenters. The van der Waals surface area contributed by atoms with Crippen LogP contribution in [0.1, 0.15) is 31.9 Å². The quantitative estimate of drug-likeness (QED) is 0.379. The van der Waals surface area contributed by atoms with Gasteiger partial charge >= 0.3 is 6.18 Å². The number of halogens is 5. The van der Waals surface area contributed by atoms with E-state index in [0.29, 0.717) is 0 Å². The van der Waals surface area contributed by atoms with Gasteiger partial charge in [0.15, 0.2) is 0 Å². The molecule has 2 aromatic heterocycles. The van der Waals surface area contributed by atoms with E-state index >= 15 is 0 Å². The normalized spacial score (nSPS) is 12.6. The minimum absolute atomic E-state index is 0.0819. The van der Waals surface area contributed by atoms with E-state index < -0.39 is 34.8 Å². The topological polar surface area (TPSA) is 81.9 Å². The van der Waals surface area contributed by atoms with E-state index in [1.807, 2.05) is 6.07 Å². The maximum absolute atomic E-state index is 14.2. The second kappa shape index (κ2) is 10.4. The first-order chi connectivity index (χ1) is 15.7. The van der Waals surface area contributed by atoms with Crippen molar-refractivity contribution in [3.05, 3.63) is 42.1 Å². The SMILES string of the molecule is C=C(c1c(-c2cc(C(F)(F)F)cc(N(CC)CC(C)C#N)n2)ccnc1NC(C)=O)C(F)(F)P. The lowest BCUT2D eigenvalue weighted by Gasteiger charge is -2.25. The van der Waals surface area contributed by atoms with Gasteiger partial charge in [0.2, 0.25) is 5.91 Å². The summed E-state index contributed by atoms with van der Waals surface area (Å²) < 4.78 is 69.7. The molecule has 0 fully saturated rings. The number of alkyl halides is 5. The number of hydrogen-bond acceptors (Lipinski definition) is 5. The molecule has 2 rings (SSSR count). The van der Waals surface area contributed by atoms with Gasteiger partial charge in [-0.3, -0.25) is 4.79 Å². The first kappa shape index (κ1) is 27.1. The van der Waals surface area contributed by atoms with Gasteiger partial charge in [-0.15, -0.1) is 0 Å². The number of pyridine rings is 2. The first-order valence-corrected chi connectivity index (χ1v) is 10.6. The summed E-state index contributed by atoms with van der Waals surface area (Å²) in [6.07, 6.45) is -3.60. The molecule has 0 aliphatic carbocycles. The summed E-state index contributed by atoms with van der Waals surface area (Å²) >= 11 is 0. The van der Waals surface area contributed by atoms with Gasteiger partial charge in [0.25, 0.3) is 5.66 Å². The Kier molecular flexibility index (Phi) is 8.32. The fourth-order valence-corrected chi connectivity index (χ4v) is 3.29. The molecule has 0 spiro atoms. The third-order valence-corrected chi connectivity index (χ3v) is 5.13. The van der Waals surface area contributed by atoms with Gasteiger partial charge < -0.3 is 10.2 Å². The third kappa shape index (κ3) is 6.48. The van der Waals surface area contributed by atoms with Crippen LogP contribution in [0.4, 0.5) is 33.6 Å². The number of rotatable bonds is 8. The molecule has 2 heterocycles. The van der Waals surface area contributed by atoms with Crippen LogP contribution in [0.15, 0.2) is 31.0 Å². The number of aromatic nitrogens is 2. The molecule has 1 amide bonds. The van der Waals surface area contributed by atoms with Crippen LogP contribution in [0, 0.1) is 17.2 Å². The molecule has 0 aliphatic rings. The van der Waals surface area contributed by atoms with E-state index in [4.69, 9.17) is 5.26 Å². The van der Waals surface area contributed by atoms with Crippen LogP contribution >= 0.6 is 9.24 Å². The second-order valence-electron chi connectivity index (χ2n) is 7.53. The number of nitriles is 1. The largest absolute Gasteiger partial charge is 0.416 e. The van der Waals surface area contributed by atoms with Crippen LogP contribution in [0.5, 0.6) is 0 Å². The Morgan fingerprint density at radius 1 is 1.32 bits per heavy atom. The van der Waals surface area contributed by atoms with Crippen LogP contribution in [0.25, 0.3) is 16.8 Å². The van der Waals surface area contributed by atoms with E-state index in [-0.39, 0.29) is 41.5 Å². The number of carbonyl (C=O) groups is 1. The van der Waals surface area contributed by atoms with Crippen molar-refractivity contribution in [3.8, 4) is 17.3 Å². The standard InChI is InChI=1S/C22H23F5N5OP/c1-5-32(11-12(2)10-28)18-9-15(21(23,24)25)8-17(31-18)16-6-7-29-20(30-14(4)33)19(16)13(3)22(26,27)34/h6-9,12H,3,5,11,34H2,1-2,4H3,(H,29,30,33). The van der Waals surface area contributed by atoms with Gasteiger partial charge in [-0.25, -0.2) is 9.97 Å². The van der Waals surface area contributed by atoms with Crippen molar-refractivity contribution in [2.24, 2.45) is 5.92 Å². The van der Waals surface area contributed by atoms with Crippen molar-refractivity contribution in [1.82, 2.24) is 9.97 Å². The molecule has 0 bridgehead atoms. The molecule has 6 nitrogen and oxygen atoms in total. The Balaban J connectivity index is 2.85. The summed E-state index contributed by atoms with van der Waals surface area (Å²) in [6.45, 7) is 8.18. The number of amides is 1. The first-order valence-electron chi connectivity index (χ1n) is 10.1. The molecule has 12 heteroatoms. The average Bonchev–Trinajstić information content (AvgIpc) is 2.74. The van der Waals surface area contributed by atoms with E-state index in [1.165, 1.54) is 20.2 Å². The predicted molar refractivity (Wildman–Crippen MR) is 123 cm³/mol. The second-order valence-corrected chi connectivity index (χ2v) is 8.26. The molecule has 34 heavy (non-hydrogen) atoms. The zero-order chi connectivity index (χ0) is 25.8. The summed E-state index contributed by atoms with van der Waals surface area (Å²) in [4.78, 5) is 21.3. The molecular weight excluding hydrogens is 476 g/mol. The lowest BCUT2D eigenvalue weighted by atomic mass is 9.98. The molecular formula is C22H23F5N5OP. The number of allylic oxidation sites excluding steroid dienone is 1. The van der Waals surface area contributed by atoms with Crippen LogP contribution in [-0.4, -0.2) is 34.6 Å². The zero-order valence-electron chi connectivity index (χ0n) is 18.7. The Hall–Kier alpha value is -3.12. The van der Waals surface area contributed by atoms with Crippen LogP contribution in [0.2, 0.25) is 0 Å². The van der Waals surface area contributed by atoms with Gasteiger partial charge in [0.05, 0.1) is 23.2 Å². The zero-order valence-corrected chi connectivity index (χ0v) is 19.8. The number of hydrogen-bond donors (Lipinski definition) is 1. The van der Waals surface area contributed by atoms with Crippen molar-refractivity contribution in [3.63, 3.8) is 0 Å². The Labute approximate surface area is 196 Å². The number of nitrogens with zero attached hydrogens (tertiary/aromatic N) is 4. The lowest BCUT2D eigenvalue weighted by Crippen LogP contribution is -2.29.